The number of fused-ring (bicyclic) bond motifs is 1. The molecule has 290 valence electrons. The van der Waals surface area contributed by atoms with Gasteiger partial charge in [0, 0.05) is 30.1 Å². The minimum Gasteiger partial charge on any atom is -0.497 e. The summed E-state index contributed by atoms with van der Waals surface area (Å²) in [5.41, 5.74) is 1.01. The van der Waals surface area contributed by atoms with Gasteiger partial charge in [-0.2, -0.15) is 0 Å². The monoisotopic (exact) mass is 722 g/mol. The zero-order valence-electron chi connectivity index (χ0n) is 32.1. The maximum absolute atomic E-state index is 12.5. The molecule has 52 heavy (non-hydrogen) atoms. The van der Waals surface area contributed by atoms with Crippen LogP contribution in [0.4, 0.5) is 0 Å². The number of hydrogen-bond acceptors (Lipinski definition) is 9. The molecule has 1 heterocycles. The molecule has 0 fully saturated rings. The average molecular weight is 722 g/mol. The summed E-state index contributed by atoms with van der Waals surface area (Å²) in [5.74, 6) is 1.16. The molecular weight excluding hydrogens is 654 g/mol. The fourth-order valence-corrected chi connectivity index (χ4v) is 6.25. The Labute approximate surface area is 312 Å². The first-order chi connectivity index (χ1) is 25.6. The number of carbonyl (C=O) groups is 1. The molecular formula is C42H67N5O5. The lowest BCUT2D eigenvalue weighted by atomic mass is 10.1. The molecule has 1 aromatic heterocycles. The summed E-state index contributed by atoms with van der Waals surface area (Å²) in [6, 6.07) is 15.0. The number of methoxy groups -OCH3 is 2. The number of para-hydroxylation sites is 1. The van der Waals surface area contributed by atoms with Crippen molar-refractivity contribution in [2.45, 2.75) is 103 Å². The van der Waals surface area contributed by atoms with Crippen LogP contribution in [0.15, 0.2) is 57.7 Å². The van der Waals surface area contributed by atoms with Gasteiger partial charge in [-0.1, -0.05) is 69.6 Å². The van der Waals surface area contributed by atoms with E-state index in [-0.39, 0.29) is 5.56 Å². The van der Waals surface area contributed by atoms with Crippen LogP contribution in [0.2, 0.25) is 0 Å². The van der Waals surface area contributed by atoms with E-state index in [0.29, 0.717) is 23.3 Å². The molecule has 10 nitrogen and oxygen atoms in total. The number of hydrogen-bond donors (Lipinski definition) is 5. The minimum atomic E-state index is -0.643. The highest BCUT2D eigenvalue weighted by atomic mass is 16.5. The van der Waals surface area contributed by atoms with Crippen LogP contribution >= 0.6 is 0 Å². The lowest BCUT2D eigenvalue weighted by Gasteiger charge is -2.09. The molecule has 3 aromatic rings. The summed E-state index contributed by atoms with van der Waals surface area (Å²) >= 11 is 0. The topological polar surface area (TPSA) is 126 Å². The maximum atomic E-state index is 12.5. The highest BCUT2D eigenvalue weighted by Crippen LogP contribution is 2.20. The Bertz CT molecular complexity index is 1430. The predicted molar refractivity (Wildman–Crippen MR) is 214 cm³/mol. The second kappa shape index (κ2) is 28.1. The van der Waals surface area contributed by atoms with Crippen molar-refractivity contribution < 1.29 is 18.7 Å². The molecule has 0 atom stereocenters. The maximum Gasteiger partial charge on any atom is 0.349 e. The van der Waals surface area contributed by atoms with Gasteiger partial charge in [-0.15, -0.1) is 0 Å². The predicted octanol–water partition coefficient (Wildman–Crippen LogP) is 6.95. The van der Waals surface area contributed by atoms with Crippen LogP contribution in [0.25, 0.3) is 11.0 Å². The van der Waals surface area contributed by atoms with Crippen molar-refractivity contribution in [2.75, 3.05) is 66.6 Å². The molecule has 0 saturated carbocycles. The number of carbonyl (C=O) groups excluding carboxylic acids is 1. The zero-order valence-corrected chi connectivity index (χ0v) is 32.1. The van der Waals surface area contributed by atoms with E-state index in [1.54, 1.807) is 38.5 Å². The third kappa shape index (κ3) is 18.4. The van der Waals surface area contributed by atoms with Crippen LogP contribution in [-0.2, 0) is 6.54 Å². The van der Waals surface area contributed by atoms with Gasteiger partial charge in [0.05, 0.1) is 14.2 Å². The molecule has 5 N–H and O–H groups in total. The van der Waals surface area contributed by atoms with Gasteiger partial charge < -0.3 is 40.5 Å². The summed E-state index contributed by atoms with van der Waals surface area (Å²) in [4.78, 5) is 24.8. The van der Waals surface area contributed by atoms with Crippen molar-refractivity contribution >= 4 is 16.9 Å². The molecule has 2 aromatic carbocycles. The lowest BCUT2D eigenvalue weighted by Crippen LogP contribution is -2.30. The van der Waals surface area contributed by atoms with Crippen molar-refractivity contribution in [2.24, 2.45) is 0 Å². The van der Waals surface area contributed by atoms with Crippen molar-refractivity contribution in [3.63, 3.8) is 0 Å². The number of rotatable bonds is 32. The highest BCUT2D eigenvalue weighted by Gasteiger charge is 2.13. The Morgan fingerprint density at radius 1 is 0.577 bits per heavy atom. The van der Waals surface area contributed by atoms with Gasteiger partial charge in [0.2, 0.25) is 0 Å². The van der Waals surface area contributed by atoms with Gasteiger partial charge in [0.25, 0.3) is 5.91 Å². The quantitative estimate of drug-likeness (QED) is 0.0344. The molecule has 0 bridgehead atoms. The number of amides is 1. The largest absolute Gasteiger partial charge is 0.497 e. The molecule has 1 amide bonds. The van der Waals surface area contributed by atoms with E-state index in [0.717, 1.165) is 70.9 Å². The van der Waals surface area contributed by atoms with Crippen LogP contribution in [-0.4, -0.2) is 72.5 Å². The van der Waals surface area contributed by atoms with Gasteiger partial charge in [0.15, 0.2) is 0 Å². The Morgan fingerprint density at radius 2 is 1.10 bits per heavy atom. The van der Waals surface area contributed by atoms with Gasteiger partial charge >= 0.3 is 5.63 Å². The summed E-state index contributed by atoms with van der Waals surface area (Å²) in [7, 11) is 3.28. The van der Waals surface area contributed by atoms with Crippen molar-refractivity contribution in [1.82, 2.24) is 26.6 Å². The van der Waals surface area contributed by atoms with Crippen LogP contribution in [0.1, 0.15) is 112 Å². The van der Waals surface area contributed by atoms with Gasteiger partial charge in [-0.3, -0.25) is 4.79 Å². The van der Waals surface area contributed by atoms with Crippen LogP contribution in [0.5, 0.6) is 11.5 Å². The summed E-state index contributed by atoms with van der Waals surface area (Å²) < 4.78 is 15.9. The van der Waals surface area contributed by atoms with Crippen LogP contribution in [0, 0.1) is 0 Å². The molecule has 0 radical (unpaired) electrons. The van der Waals surface area contributed by atoms with E-state index < -0.39 is 11.5 Å². The van der Waals surface area contributed by atoms with Gasteiger partial charge in [-0.05, 0) is 115 Å². The molecule has 0 unspecified atom stereocenters. The molecule has 3 rings (SSSR count). The first-order valence-corrected chi connectivity index (χ1v) is 20.0. The second-order valence-corrected chi connectivity index (χ2v) is 13.6. The van der Waals surface area contributed by atoms with Crippen LogP contribution in [0.3, 0.4) is 0 Å². The molecule has 0 aliphatic heterocycles. The molecule has 10 heteroatoms. The minimum absolute atomic E-state index is 0.0222. The standard InChI is InChI=1S/C42H67N5O5/c1-50-37-23-22-35-32-38(42(49)52-40(35)33-37)41(48)47-31-19-30-45-28-17-8-7-15-26-43-24-13-5-3-4-6-14-25-44-27-16-9-10-18-29-46-34-36-20-11-12-21-39(36)51-2/h11-12,20-23,32-33,43-46H,3-10,13-19,24-31,34H2,1-2H3,(H,47,48). The third-order valence-corrected chi connectivity index (χ3v) is 9.38. The average Bonchev–Trinajstić information content (AvgIpc) is 3.16. The molecule has 0 aliphatic carbocycles. The van der Waals surface area contributed by atoms with Crippen molar-refractivity contribution in [3.8, 4) is 11.5 Å². The fraction of sp³-hybridized carbons (Fsp3) is 0.619. The Balaban J connectivity index is 0.979. The van der Waals surface area contributed by atoms with Crippen LogP contribution < -0.4 is 41.7 Å². The summed E-state index contributed by atoms with van der Waals surface area (Å²) in [6.45, 7) is 8.81. The van der Waals surface area contributed by atoms with E-state index in [1.165, 1.54) is 89.0 Å². The lowest BCUT2D eigenvalue weighted by molar-refractivity contribution is 0.0949. The highest BCUT2D eigenvalue weighted by molar-refractivity contribution is 5.96. The fourth-order valence-electron chi connectivity index (χ4n) is 6.25. The number of unbranched alkanes of at least 4 members (excludes halogenated alkanes) is 11. The van der Waals surface area contributed by atoms with Crippen molar-refractivity contribution in [1.29, 1.82) is 0 Å². The third-order valence-electron chi connectivity index (χ3n) is 9.38. The normalized spacial score (nSPS) is 11.3. The van der Waals surface area contributed by atoms with Crippen molar-refractivity contribution in [3.05, 3.63) is 70.1 Å². The molecule has 0 spiro atoms. The zero-order chi connectivity index (χ0) is 36.9. The summed E-state index contributed by atoms with van der Waals surface area (Å²) in [5, 5.41) is 17.7. The second-order valence-electron chi connectivity index (χ2n) is 13.6. The number of nitrogens with one attached hydrogen (secondary N) is 5. The molecule has 0 saturated heterocycles. The van der Waals surface area contributed by atoms with E-state index in [9.17, 15) is 9.59 Å². The summed E-state index contributed by atoms with van der Waals surface area (Å²) in [6.07, 6.45) is 18.7. The Hall–Kier alpha value is -3.44. The van der Waals surface area contributed by atoms with E-state index in [4.69, 9.17) is 13.9 Å². The first-order valence-electron chi connectivity index (χ1n) is 20.0. The van der Waals surface area contributed by atoms with Gasteiger partial charge in [-0.25, -0.2) is 4.79 Å². The Morgan fingerprint density at radius 3 is 1.65 bits per heavy atom. The smallest absolute Gasteiger partial charge is 0.349 e. The van der Waals surface area contributed by atoms with E-state index >= 15 is 0 Å². The first kappa shape index (κ1) is 43.0. The van der Waals surface area contributed by atoms with Gasteiger partial charge in [0.1, 0.15) is 22.6 Å². The SMILES string of the molecule is COc1ccc2cc(C(=O)NCCCNCCCCCCNCCCCCCCCNCCCCCCNCc3ccccc3OC)c(=O)oc2c1. The van der Waals surface area contributed by atoms with E-state index in [1.807, 2.05) is 12.1 Å². The molecule has 0 aliphatic rings. The number of benzene rings is 2. The Kier molecular flexibility index (Phi) is 23.2. The number of ether oxygens (including phenoxy) is 2. The van der Waals surface area contributed by atoms with E-state index in [2.05, 4.69) is 38.7 Å².